The molecule has 1 aromatic carbocycles. The predicted molar refractivity (Wildman–Crippen MR) is 113 cm³/mol. The van der Waals surface area contributed by atoms with E-state index in [1.54, 1.807) is 13.1 Å². The SMILES string of the molecule is Cc1n[nH]nc1-c1nc(NCCNC(=O)N2N=CCC2c2cc(F)cc(C#N)c2)ncc1F. The minimum Gasteiger partial charge on any atom is -0.352 e. The van der Waals surface area contributed by atoms with Gasteiger partial charge in [-0.1, -0.05) is 0 Å². The number of nitrogens with one attached hydrogen (secondary N) is 3. The van der Waals surface area contributed by atoms with Crippen molar-refractivity contribution < 1.29 is 13.6 Å². The summed E-state index contributed by atoms with van der Waals surface area (Å²) in [5.41, 5.74) is 1.42. The molecule has 0 radical (unpaired) electrons. The van der Waals surface area contributed by atoms with Crippen LogP contribution in [-0.2, 0) is 0 Å². The van der Waals surface area contributed by atoms with E-state index in [1.807, 2.05) is 6.07 Å². The fraction of sp³-hybridized carbons (Fsp3) is 0.250. The quantitative estimate of drug-likeness (QED) is 0.486. The number of urea groups is 1. The lowest BCUT2D eigenvalue weighted by Crippen LogP contribution is -2.39. The predicted octanol–water partition coefficient (Wildman–Crippen LogP) is 2.27. The number of carbonyl (C=O) groups is 1. The van der Waals surface area contributed by atoms with Crippen LogP contribution < -0.4 is 10.6 Å². The molecule has 1 unspecified atom stereocenters. The van der Waals surface area contributed by atoms with Crippen molar-refractivity contribution in [3.8, 4) is 17.5 Å². The Hall–Kier alpha value is -4.47. The third-order valence-corrected chi connectivity index (χ3v) is 4.85. The maximum Gasteiger partial charge on any atom is 0.338 e. The fourth-order valence-corrected chi connectivity index (χ4v) is 3.31. The normalized spacial score (nSPS) is 14.8. The maximum absolute atomic E-state index is 14.1. The number of amides is 2. The summed E-state index contributed by atoms with van der Waals surface area (Å²) in [7, 11) is 0. The van der Waals surface area contributed by atoms with Crippen LogP contribution in [-0.4, -0.2) is 55.7 Å². The number of H-pyrrole nitrogens is 1. The minimum atomic E-state index is -0.638. The smallest absolute Gasteiger partial charge is 0.338 e. The van der Waals surface area contributed by atoms with E-state index in [2.05, 4.69) is 41.1 Å². The Morgan fingerprint density at radius 1 is 1.27 bits per heavy atom. The molecule has 33 heavy (non-hydrogen) atoms. The molecular formula is C20H18F2N10O. The topological polar surface area (TPSA) is 148 Å². The lowest BCUT2D eigenvalue weighted by Gasteiger charge is -2.22. The number of halogens is 2. The van der Waals surface area contributed by atoms with Crippen LogP contribution in [0.3, 0.4) is 0 Å². The first-order valence-corrected chi connectivity index (χ1v) is 9.90. The first kappa shape index (κ1) is 21.8. The van der Waals surface area contributed by atoms with Gasteiger partial charge in [-0.05, 0) is 30.7 Å². The highest BCUT2D eigenvalue weighted by Gasteiger charge is 2.28. The van der Waals surface area contributed by atoms with E-state index in [1.165, 1.54) is 17.1 Å². The largest absolute Gasteiger partial charge is 0.352 e. The van der Waals surface area contributed by atoms with E-state index in [4.69, 9.17) is 5.26 Å². The molecule has 168 valence electrons. The zero-order valence-electron chi connectivity index (χ0n) is 17.4. The molecule has 1 aliphatic heterocycles. The highest BCUT2D eigenvalue weighted by molar-refractivity contribution is 5.78. The first-order chi connectivity index (χ1) is 16.0. The molecule has 0 bridgehead atoms. The van der Waals surface area contributed by atoms with Crippen LogP contribution in [0.4, 0.5) is 19.5 Å². The molecule has 2 aromatic heterocycles. The van der Waals surface area contributed by atoms with Crippen LogP contribution in [0.15, 0.2) is 29.5 Å². The molecule has 3 N–H and O–H groups in total. The second kappa shape index (κ2) is 9.35. The first-order valence-electron chi connectivity index (χ1n) is 9.90. The van der Waals surface area contributed by atoms with E-state index in [0.29, 0.717) is 17.7 Å². The van der Waals surface area contributed by atoms with Gasteiger partial charge in [0.1, 0.15) is 17.2 Å². The molecule has 11 nitrogen and oxygen atoms in total. The average molecular weight is 452 g/mol. The number of rotatable bonds is 6. The number of anilines is 1. The van der Waals surface area contributed by atoms with Crippen LogP contribution in [0.1, 0.15) is 29.3 Å². The third-order valence-electron chi connectivity index (χ3n) is 4.85. The van der Waals surface area contributed by atoms with Crippen molar-refractivity contribution in [2.45, 2.75) is 19.4 Å². The molecule has 0 fully saturated rings. The molecule has 13 heteroatoms. The van der Waals surface area contributed by atoms with Gasteiger partial charge < -0.3 is 10.6 Å². The highest BCUT2D eigenvalue weighted by Crippen LogP contribution is 2.29. The lowest BCUT2D eigenvalue weighted by atomic mass is 10.0. The number of hydrazone groups is 1. The van der Waals surface area contributed by atoms with Crippen LogP contribution in [0, 0.1) is 29.9 Å². The molecule has 0 aliphatic carbocycles. The van der Waals surface area contributed by atoms with Gasteiger partial charge >= 0.3 is 6.03 Å². The highest BCUT2D eigenvalue weighted by atomic mass is 19.1. The van der Waals surface area contributed by atoms with Gasteiger partial charge in [0.05, 0.1) is 29.6 Å². The Bertz CT molecular complexity index is 1250. The molecule has 2 amide bonds. The monoisotopic (exact) mass is 452 g/mol. The summed E-state index contributed by atoms with van der Waals surface area (Å²) in [6.45, 7) is 2.10. The van der Waals surface area contributed by atoms with E-state index in [9.17, 15) is 13.6 Å². The second-order valence-electron chi connectivity index (χ2n) is 7.09. The second-order valence-corrected chi connectivity index (χ2v) is 7.09. The summed E-state index contributed by atoms with van der Waals surface area (Å²) >= 11 is 0. The number of aromatic amines is 1. The van der Waals surface area contributed by atoms with Gasteiger partial charge in [-0.3, -0.25) is 0 Å². The van der Waals surface area contributed by atoms with E-state index in [0.717, 1.165) is 12.3 Å². The van der Waals surface area contributed by atoms with Crippen molar-refractivity contribution in [2.24, 2.45) is 5.10 Å². The Morgan fingerprint density at radius 2 is 2.12 bits per heavy atom. The maximum atomic E-state index is 14.1. The molecule has 1 atom stereocenters. The average Bonchev–Trinajstić information content (AvgIpc) is 3.46. The number of benzene rings is 1. The van der Waals surface area contributed by atoms with Gasteiger partial charge in [0.25, 0.3) is 0 Å². The molecule has 3 aromatic rings. The third kappa shape index (κ3) is 4.74. The van der Waals surface area contributed by atoms with Gasteiger partial charge in [0.15, 0.2) is 5.82 Å². The van der Waals surface area contributed by atoms with Crippen LogP contribution in [0.25, 0.3) is 11.4 Å². The van der Waals surface area contributed by atoms with E-state index >= 15 is 0 Å². The van der Waals surface area contributed by atoms with Crippen LogP contribution in [0.2, 0.25) is 0 Å². The van der Waals surface area contributed by atoms with Crippen molar-refractivity contribution in [1.82, 2.24) is 35.7 Å². The molecule has 1 aliphatic rings. The fourth-order valence-electron chi connectivity index (χ4n) is 3.31. The summed E-state index contributed by atoms with van der Waals surface area (Å²) in [4.78, 5) is 20.6. The van der Waals surface area contributed by atoms with E-state index < -0.39 is 23.7 Å². The molecule has 0 saturated carbocycles. The summed E-state index contributed by atoms with van der Waals surface area (Å²) in [5.74, 6) is -1.04. The van der Waals surface area contributed by atoms with Crippen molar-refractivity contribution in [3.63, 3.8) is 0 Å². The van der Waals surface area contributed by atoms with Crippen molar-refractivity contribution in [3.05, 3.63) is 52.9 Å². The number of nitriles is 1. The van der Waals surface area contributed by atoms with Gasteiger partial charge in [0.2, 0.25) is 5.95 Å². The summed E-state index contributed by atoms with van der Waals surface area (Å²) in [6, 6.07) is 4.83. The Morgan fingerprint density at radius 3 is 2.88 bits per heavy atom. The number of aryl methyl sites for hydroxylation is 1. The van der Waals surface area contributed by atoms with Gasteiger partial charge in [-0.2, -0.15) is 25.8 Å². The number of aromatic nitrogens is 5. The van der Waals surface area contributed by atoms with Crippen LogP contribution in [0.5, 0.6) is 0 Å². The number of carbonyl (C=O) groups excluding carboxylic acids is 1. The Balaban J connectivity index is 1.34. The Kier molecular flexibility index (Phi) is 6.16. The zero-order valence-corrected chi connectivity index (χ0v) is 17.4. The Labute approximate surface area is 186 Å². The molecule has 0 saturated heterocycles. The molecule has 4 rings (SSSR count). The molecule has 3 heterocycles. The number of hydrogen-bond donors (Lipinski definition) is 3. The van der Waals surface area contributed by atoms with Gasteiger partial charge in [-0.25, -0.2) is 28.6 Å². The summed E-state index contributed by atoms with van der Waals surface area (Å²) < 4.78 is 27.9. The summed E-state index contributed by atoms with van der Waals surface area (Å²) in [6.07, 6.45) is 2.97. The summed E-state index contributed by atoms with van der Waals surface area (Å²) in [5, 5.41) is 30.1. The van der Waals surface area contributed by atoms with Crippen molar-refractivity contribution >= 4 is 18.2 Å². The standard InChI is InChI=1S/C20H18F2N10O/c1-11-17(30-31-29-11)18-15(22)10-26-19(28-18)24-4-5-25-20(33)32-16(2-3-27-32)13-6-12(9-23)7-14(21)8-13/h3,6-8,10,16H,2,4-5H2,1H3,(H,25,33)(H,24,26,28)(H,29,30,31). The molecular weight excluding hydrogens is 434 g/mol. The lowest BCUT2D eigenvalue weighted by molar-refractivity contribution is 0.186. The van der Waals surface area contributed by atoms with Crippen molar-refractivity contribution in [2.75, 3.05) is 18.4 Å². The molecule has 0 spiro atoms. The van der Waals surface area contributed by atoms with Crippen LogP contribution >= 0.6 is 0 Å². The minimum absolute atomic E-state index is 0.00358. The number of nitrogens with zero attached hydrogens (tertiary/aromatic N) is 7. The zero-order chi connectivity index (χ0) is 23.4. The van der Waals surface area contributed by atoms with Gasteiger partial charge in [0, 0.05) is 25.7 Å². The van der Waals surface area contributed by atoms with Crippen molar-refractivity contribution in [1.29, 1.82) is 5.26 Å². The van der Waals surface area contributed by atoms with Gasteiger partial charge in [-0.15, -0.1) is 0 Å². The number of hydrogen-bond acceptors (Lipinski definition) is 8. The van der Waals surface area contributed by atoms with E-state index in [-0.39, 0.29) is 36.0 Å².